The van der Waals surface area contributed by atoms with Gasteiger partial charge in [0.2, 0.25) is 0 Å². The van der Waals surface area contributed by atoms with E-state index in [4.69, 9.17) is 9.84 Å². The van der Waals surface area contributed by atoms with Crippen LogP contribution in [0.3, 0.4) is 0 Å². The second-order valence-corrected chi connectivity index (χ2v) is 6.29. The van der Waals surface area contributed by atoms with Gasteiger partial charge in [0.1, 0.15) is 5.75 Å². The molecule has 0 saturated heterocycles. The summed E-state index contributed by atoms with van der Waals surface area (Å²) in [5, 5.41) is 8.66. The number of carboxylic acid groups (broad SMARTS) is 1. The number of aryl methyl sites for hydroxylation is 1. The van der Waals surface area contributed by atoms with Crippen LogP contribution in [-0.2, 0) is 11.2 Å². The van der Waals surface area contributed by atoms with Crippen LogP contribution in [0.4, 0.5) is 8.78 Å². The van der Waals surface area contributed by atoms with E-state index in [0.717, 1.165) is 5.56 Å². The van der Waals surface area contributed by atoms with Crippen molar-refractivity contribution in [2.24, 2.45) is 11.3 Å². The van der Waals surface area contributed by atoms with E-state index in [1.54, 1.807) is 0 Å². The fourth-order valence-electron chi connectivity index (χ4n) is 3.24. The number of carboxylic acids is 1. The molecule has 3 nitrogen and oxygen atoms in total. The lowest BCUT2D eigenvalue weighted by Crippen LogP contribution is -2.34. The quantitative estimate of drug-likeness (QED) is 0.873. The lowest BCUT2D eigenvalue weighted by atomic mass is 9.72. The van der Waals surface area contributed by atoms with Crippen LogP contribution in [0.1, 0.15) is 31.2 Å². The first kappa shape index (κ1) is 14.3. The molecule has 0 bridgehead atoms. The van der Waals surface area contributed by atoms with Gasteiger partial charge in [-0.25, -0.2) is 8.78 Å². The topological polar surface area (TPSA) is 46.5 Å². The molecule has 0 aliphatic heterocycles. The van der Waals surface area contributed by atoms with Crippen LogP contribution in [0.15, 0.2) is 24.3 Å². The van der Waals surface area contributed by atoms with E-state index in [2.05, 4.69) is 0 Å². The maximum Gasteiger partial charge on any atom is 0.303 e. The summed E-state index contributed by atoms with van der Waals surface area (Å²) in [5.74, 6) is -2.38. The van der Waals surface area contributed by atoms with Gasteiger partial charge in [-0.05, 0) is 42.9 Å². The Hall–Kier alpha value is -1.65. The molecular formula is C16H18F2O3. The van der Waals surface area contributed by atoms with Gasteiger partial charge in [0, 0.05) is 18.3 Å². The van der Waals surface area contributed by atoms with Crippen molar-refractivity contribution in [3.63, 3.8) is 0 Å². The zero-order valence-electron chi connectivity index (χ0n) is 11.6. The van der Waals surface area contributed by atoms with Crippen molar-refractivity contribution in [1.29, 1.82) is 0 Å². The Morgan fingerprint density at radius 1 is 1.38 bits per heavy atom. The molecule has 3 rings (SSSR count). The van der Waals surface area contributed by atoms with Crippen LogP contribution in [0.2, 0.25) is 0 Å². The number of halogens is 2. The third-order valence-corrected chi connectivity index (χ3v) is 4.58. The van der Waals surface area contributed by atoms with Gasteiger partial charge in [-0.1, -0.05) is 12.1 Å². The van der Waals surface area contributed by atoms with E-state index in [1.807, 2.05) is 24.3 Å². The Morgan fingerprint density at radius 3 is 2.71 bits per heavy atom. The van der Waals surface area contributed by atoms with E-state index in [1.165, 1.54) is 0 Å². The molecule has 21 heavy (non-hydrogen) atoms. The first-order chi connectivity index (χ1) is 9.90. The summed E-state index contributed by atoms with van der Waals surface area (Å²) in [5.41, 5.74) is 0.207. The SMILES string of the molecule is O=C(O)CCc1cccc(OCC2CC3(C2)CC3(F)F)c1. The minimum atomic E-state index is -2.44. The highest BCUT2D eigenvalue weighted by atomic mass is 19.3. The zero-order valence-corrected chi connectivity index (χ0v) is 11.6. The highest BCUT2D eigenvalue weighted by molar-refractivity contribution is 5.67. The summed E-state index contributed by atoms with van der Waals surface area (Å²) in [4.78, 5) is 10.5. The summed E-state index contributed by atoms with van der Waals surface area (Å²) in [7, 11) is 0. The average molecular weight is 296 g/mol. The molecule has 1 aromatic rings. The van der Waals surface area contributed by atoms with Crippen molar-refractivity contribution >= 4 is 5.97 Å². The molecule has 2 fully saturated rings. The predicted octanol–water partition coefficient (Wildman–Crippen LogP) is 3.52. The van der Waals surface area contributed by atoms with Crippen LogP contribution in [0.25, 0.3) is 0 Å². The van der Waals surface area contributed by atoms with E-state index in [0.29, 0.717) is 31.6 Å². The predicted molar refractivity (Wildman–Crippen MR) is 72.6 cm³/mol. The summed E-state index contributed by atoms with van der Waals surface area (Å²) < 4.78 is 31.8. The first-order valence-electron chi connectivity index (χ1n) is 7.22. The third kappa shape index (κ3) is 2.87. The minimum Gasteiger partial charge on any atom is -0.493 e. The van der Waals surface area contributed by atoms with Crippen molar-refractivity contribution in [2.75, 3.05) is 6.61 Å². The number of carbonyl (C=O) groups is 1. The van der Waals surface area contributed by atoms with Crippen LogP contribution < -0.4 is 4.74 Å². The number of hydrogen-bond acceptors (Lipinski definition) is 2. The molecule has 0 amide bonds. The smallest absolute Gasteiger partial charge is 0.303 e. The molecular weight excluding hydrogens is 278 g/mol. The largest absolute Gasteiger partial charge is 0.493 e. The molecule has 0 unspecified atom stereocenters. The molecule has 0 atom stereocenters. The fourth-order valence-corrected chi connectivity index (χ4v) is 3.24. The number of hydrogen-bond donors (Lipinski definition) is 1. The van der Waals surface area contributed by atoms with Crippen LogP contribution in [0, 0.1) is 11.3 Å². The maximum absolute atomic E-state index is 13.1. The molecule has 1 N–H and O–H groups in total. The molecule has 1 spiro atoms. The number of aliphatic carboxylic acids is 1. The Morgan fingerprint density at radius 2 is 2.10 bits per heavy atom. The van der Waals surface area contributed by atoms with Crippen molar-refractivity contribution in [2.45, 2.75) is 38.0 Å². The number of alkyl halides is 2. The van der Waals surface area contributed by atoms with Crippen LogP contribution in [-0.4, -0.2) is 23.6 Å². The number of benzene rings is 1. The fraction of sp³-hybridized carbons (Fsp3) is 0.562. The molecule has 0 heterocycles. The molecule has 2 aliphatic rings. The first-order valence-corrected chi connectivity index (χ1v) is 7.22. The van der Waals surface area contributed by atoms with Crippen molar-refractivity contribution in [3.05, 3.63) is 29.8 Å². The monoisotopic (exact) mass is 296 g/mol. The molecule has 0 radical (unpaired) electrons. The summed E-state index contributed by atoms with van der Waals surface area (Å²) >= 11 is 0. The van der Waals surface area contributed by atoms with Crippen LogP contribution >= 0.6 is 0 Å². The van der Waals surface area contributed by atoms with E-state index in [9.17, 15) is 13.6 Å². The van der Waals surface area contributed by atoms with Crippen LogP contribution in [0.5, 0.6) is 5.75 Å². The Kier molecular flexibility index (Phi) is 3.38. The zero-order chi connectivity index (χ0) is 15.1. The molecule has 1 aromatic carbocycles. The molecule has 2 saturated carbocycles. The van der Waals surface area contributed by atoms with Gasteiger partial charge in [0.15, 0.2) is 0 Å². The second kappa shape index (κ2) is 4.97. The number of ether oxygens (including phenoxy) is 1. The van der Waals surface area contributed by atoms with Gasteiger partial charge in [-0.3, -0.25) is 4.79 Å². The lowest BCUT2D eigenvalue weighted by Gasteiger charge is -2.35. The molecule has 5 heteroatoms. The third-order valence-electron chi connectivity index (χ3n) is 4.58. The second-order valence-electron chi connectivity index (χ2n) is 6.29. The summed E-state index contributed by atoms with van der Waals surface area (Å²) in [6.07, 6.45) is 1.70. The Balaban J connectivity index is 1.46. The number of rotatable bonds is 6. The van der Waals surface area contributed by atoms with E-state index >= 15 is 0 Å². The highest BCUT2D eigenvalue weighted by Crippen LogP contribution is 2.72. The van der Waals surface area contributed by atoms with E-state index in [-0.39, 0.29) is 18.8 Å². The average Bonchev–Trinajstić information content (AvgIpc) is 2.96. The summed E-state index contributed by atoms with van der Waals surface area (Å²) in [6.45, 7) is 0.459. The van der Waals surface area contributed by atoms with Gasteiger partial charge in [-0.15, -0.1) is 0 Å². The highest BCUT2D eigenvalue weighted by Gasteiger charge is 2.75. The van der Waals surface area contributed by atoms with E-state index < -0.39 is 17.3 Å². The molecule has 0 aromatic heterocycles. The Labute approximate surface area is 121 Å². The summed E-state index contributed by atoms with van der Waals surface area (Å²) in [6, 6.07) is 7.32. The van der Waals surface area contributed by atoms with Gasteiger partial charge in [-0.2, -0.15) is 0 Å². The normalized spacial score (nSPS) is 29.0. The van der Waals surface area contributed by atoms with Crippen molar-refractivity contribution in [3.8, 4) is 5.75 Å². The molecule has 2 aliphatic carbocycles. The lowest BCUT2D eigenvalue weighted by molar-refractivity contribution is -0.136. The van der Waals surface area contributed by atoms with Crippen molar-refractivity contribution in [1.82, 2.24) is 0 Å². The van der Waals surface area contributed by atoms with Crippen molar-refractivity contribution < 1.29 is 23.4 Å². The van der Waals surface area contributed by atoms with Gasteiger partial charge in [0.05, 0.1) is 6.61 Å². The van der Waals surface area contributed by atoms with Gasteiger partial charge >= 0.3 is 5.97 Å². The minimum absolute atomic E-state index is 0.0428. The standard InChI is InChI=1S/C16H18F2O3/c17-16(18)10-15(16)7-12(8-15)9-21-13-3-1-2-11(6-13)4-5-14(19)20/h1-3,6,12H,4-5,7-10H2,(H,19,20). The van der Waals surface area contributed by atoms with Gasteiger partial charge < -0.3 is 9.84 Å². The van der Waals surface area contributed by atoms with Gasteiger partial charge in [0.25, 0.3) is 5.92 Å². The molecule has 114 valence electrons. The Bertz CT molecular complexity index is 550. The maximum atomic E-state index is 13.1.